The van der Waals surface area contributed by atoms with E-state index in [1.807, 2.05) is 12.1 Å². The molecule has 0 fully saturated rings. The highest BCUT2D eigenvalue weighted by Crippen LogP contribution is 2.32. The Morgan fingerprint density at radius 1 is 1.25 bits per heavy atom. The van der Waals surface area contributed by atoms with Crippen molar-refractivity contribution in [1.29, 1.82) is 0 Å². The van der Waals surface area contributed by atoms with E-state index in [1.165, 1.54) is 16.2 Å². The van der Waals surface area contributed by atoms with Crippen molar-refractivity contribution in [2.24, 2.45) is 0 Å². The third-order valence-corrected chi connectivity index (χ3v) is 4.72. The maximum absolute atomic E-state index is 12.4. The van der Waals surface area contributed by atoms with Gasteiger partial charge in [0.15, 0.2) is 11.3 Å². The molecule has 0 bridgehead atoms. The number of fused-ring (bicyclic) bond motifs is 1. The minimum absolute atomic E-state index is 0.127. The van der Waals surface area contributed by atoms with Gasteiger partial charge in [0.05, 0.1) is 9.90 Å². The van der Waals surface area contributed by atoms with Gasteiger partial charge in [-0.05, 0) is 36.8 Å². The first-order chi connectivity index (χ1) is 9.58. The molecule has 0 saturated carbocycles. The Labute approximate surface area is 129 Å². The average molecular weight is 325 g/mol. The molecule has 0 amide bonds. The summed E-state index contributed by atoms with van der Waals surface area (Å²) in [6.45, 7) is 2.06. The molecule has 0 aliphatic rings. The predicted molar refractivity (Wildman–Crippen MR) is 83.4 cm³/mol. The molecule has 0 aliphatic carbocycles. The van der Waals surface area contributed by atoms with Crippen LogP contribution < -0.4 is 0 Å². The van der Waals surface area contributed by atoms with Crippen LogP contribution in [0.2, 0.25) is 10.0 Å². The molecule has 2 nitrogen and oxygen atoms in total. The minimum Gasteiger partial charge on any atom is -0.451 e. The van der Waals surface area contributed by atoms with E-state index in [0.29, 0.717) is 20.5 Å². The Kier molecular flexibility index (Phi) is 3.59. The van der Waals surface area contributed by atoms with Gasteiger partial charge >= 0.3 is 0 Å². The zero-order valence-electron chi connectivity index (χ0n) is 10.6. The molecule has 0 unspecified atom stereocenters. The molecule has 3 aromatic rings. The Balaban J connectivity index is 2.05. The van der Waals surface area contributed by atoms with Crippen molar-refractivity contribution in [3.8, 4) is 0 Å². The van der Waals surface area contributed by atoms with E-state index in [0.717, 1.165) is 11.8 Å². The molecule has 0 aliphatic heterocycles. The van der Waals surface area contributed by atoms with E-state index < -0.39 is 0 Å². The fourth-order valence-corrected chi connectivity index (χ4v) is 3.44. The molecular weight excluding hydrogens is 315 g/mol. The number of hydrogen-bond donors (Lipinski definition) is 0. The highest BCUT2D eigenvalue weighted by Gasteiger charge is 2.18. The highest BCUT2D eigenvalue weighted by molar-refractivity contribution is 7.14. The van der Waals surface area contributed by atoms with E-state index in [2.05, 4.69) is 6.92 Å². The van der Waals surface area contributed by atoms with Crippen LogP contribution in [0.3, 0.4) is 0 Å². The van der Waals surface area contributed by atoms with Crippen molar-refractivity contribution in [2.75, 3.05) is 0 Å². The topological polar surface area (TPSA) is 30.2 Å². The summed E-state index contributed by atoms with van der Waals surface area (Å²) < 4.78 is 5.58. The Morgan fingerprint density at radius 3 is 2.75 bits per heavy atom. The SMILES string of the molecule is CCc1ccc(C(=O)c2cc3cc(Cl)cc(Cl)c3o2)s1. The minimum atomic E-state index is -0.127. The number of hydrogen-bond acceptors (Lipinski definition) is 3. The second-order valence-electron chi connectivity index (χ2n) is 4.37. The second-order valence-corrected chi connectivity index (χ2v) is 6.38. The first kappa shape index (κ1) is 13.7. The molecule has 20 heavy (non-hydrogen) atoms. The van der Waals surface area contributed by atoms with Gasteiger partial charge in [0.2, 0.25) is 5.78 Å². The van der Waals surface area contributed by atoms with Crippen LogP contribution in [0.1, 0.15) is 27.2 Å². The number of furan rings is 1. The molecule has 0 atom stereocenters. The maximum Gasteiger partial charge on any atom is 0.238 e. The Hall–Kier alpha value is -1.29. The Morgan fingerprint density at radius 2 is 2.05 bits per heavy atom. The van der Waals surface area contributed by atoms with Crippen molar-refractivity contribution in [2.45, 2.75) is 13.3 Å². The molecule has 2 heterocycles. The summed E-state index contributed by atoms with van der Waals surface area (Å²) in [7, 11) is 0. The first-order valence-corrected chi connectivity index (χ1v) is 7.67. The van der Waals surface area contributed by atoms with Crippen LogP contribution in [-0.4, -0.2) is 5.78 Å². The Bertz CT molecular complexity index is 801. The number of rotatable bonds is 3. The van der Waals surface area contributed by atoms with Gasteiger partial charge in [-0.25, -0.2) is 0 Å². The molecule has 3 rings (SSSR count). The van der Waals surface area contributed by atoms with Crippen LogP contribution in [0.5, 0.6) is 0 Å². The molecule has 1 aromatic carbocycles. The van der Waals surface area contributed by atoms with Crippen LogP contribution in [0.25, 0.3) is 11.0 Å². The van der Waals surface area contributed by atoms with Gasteiger partial charge in [0.1, 0.15) is 0 Å². The van der Waals surface area contributed by atoms with Crippen molar-refractivity contribution >= 4 is 51.3 Å². The van der Waals surface area contributed by atoms with Gasteiger partial charge in [-0.1, -0.05) is 30.1 Å². The predicted octanol–water partition coefficient (Wildman–Crippen LogP) is 5.59. The molecule has 102 valence electrons. The summed E-state index contributed by atoms with van der Waals surface area (Å²) in [5.41, 5.74) is 0.492. The third kappa shape index (κ3) is 2.37. The van der Waals surface area contributed by atoms with E-state index in [1.54, 1.807) is 18.2 Å². The summed E-state index contributed by atoms with van der Waals surface area (Å²) in [5.74, 6) is 0.159. The van der Waals surface area contributed by atoms with E-state index >= 15 is 0 Å². The van der Waals surface area contributed by atoms with Crippen LogP contribution >= 0.6 is 34.5 Å². The smallest absolute Gasteiger partial charge is 0.238 e. The molecule has 0 saturated heterocycles. The van der Waals surface area contributed by atoms with Gasteiger partial charge in [0.25, 0.3) is 0 Å². The number of aryl methyl sites for hydroxylation is 1. The van der Waals surface area contributed by atoms with Crippen LogP contribution in [0.4, 0.5) is 0 Å². The lowest BCUT2D eigenvalue weighted by atomic mass is 10.2. The molecule has 2 aromatic heterocycles. The molecule has 0 spiro atoms. The number of ketones is 1. The lowest BCUT2D eigenvalue weighted by molar-refractivity contribution is 0.101. The van der Waals surface area contributed by atoms with Crippen LogP contribution in [0.15, 0.2) is 34.7 Å². The van der Waals surface area contributed by atoms with Crippen molar-refractivity contribution in [1.82, 2.24) is 0 Å². The summed E-state index contributed by atoms with van der Waals surface area (Å²) in [5, 5.41) is 1.66. The largest absolute Gasteiger partial charge is 0.451 e. The quantitative estimate of drug-likeness (QED) is 0.587. The second kappa shape index (κ2) is 5.24. The van der Waals surface area contributed by atoms with Gasteiger partial charge in [-0.3, -0.25) is 4.79 Å². The summed E-state index contributed by atoms with van der Waals surface area (Å²) in [6, 6.07) is 8.80. The molecule has 0 N–H and O–H groups in total. The lowest BCUT2D eigenvalue weighted by Crippen LogP contribution is -1.95. The normalized spacial score (nSPS) is 11.2. The van der Waals surface area contributed by atoms with Gasteiger partial charge in [-0.15, -0.1) is 11.3 Å². The molecular formula is C15H10Cl2O2S. The number of benzene rings is 1. The van der Waals surface area contributed by atoms with Gasteiger partial charge in [-0.2, -0.15) is 0 Å². The van der Waals surface area contributed by atoms with Gasteiger partial charge < -0.3 is 4.42 Å². The maximum atomic E-state index is 12.4. The van der Waals surface area contributed by atoms with Crippen molar-refractivity contribution < 1.29 is 9.21 Å². The zero-order valence-corrected chi connectivity index (χ0v) is 12.9. The third-order valence-electron chi connectivity index (χ3n) is 2.99. The van der Waals surface area contributed by atoms with E-state index in [9.17, 15) is 4.79 Å². The molecule has 5 heteroatoms. The van der Waals surface area contributed by atoms with Crippen LogP contribution in [0, 0.1) is 0 Å². The zero-order chi connectivity index (χ0) is 14.3. The number of halogens is 2. The average Bonchev–Trinajstić information content (AvgIpc) is 3.03. The van der Waals surface area contributed by atoms with E-state index in [-0.39, 0.29) is 11.5 Å². The summed E-state index contributed by atoms with van der Waals surface area (Å²) in [4.78, 5) is 14.2. The van der Waals surface area contributed by atoms with Crippen molar-refractivity contribution in [3.63, 3.8) is 0 Å². The highest BCUT2D eigenvalue weighted by atomic mass is 35.5. The first-order valence-electron chi connectivity index (χ1n) is 6.10. The number of thiophene rings is 1. The van der Waals surface area contributed by atoms with E-state index in [4.69, 9.17) is 27.6 Å². The number of carbonyl (C=O) groups excluding carboxylic acids is 1. The summed E-state index contributed by atoms with van der Waals surface area (Å²) >= 11 is 13.5. The van der Waals surface area contributed by atoms with Gasteiger partial charge in [0, 0.05) is 15.3 Å². The standard InChI is InChI=1S/C15H10Cl2O2S/c1-2-10-3-4-13(20-10)14(18)12-6-8-5-9(16)7-11(17)15(8)19-12/h3-7H,2H2,1H3. The fraction of sp³-hybridized carbons (Fsp3) is 0.133. The summed E-state index contributed by atoms with van der Waals surface area (Å²) in [6.07, 6.45) is 0.916. The number of carbonyl (C=O) groups is 1. The van der Waals surface area contributed by atoms with Crippen LogP contribution in [-0.2, 0) is 6.42 Å². The lowest BCUT2D eigenvalue weighted by Gasteiger charge is -1.93. The molecule has 0 radical (unpaired) electrons. The monoisotopic (exact) mass is 324 g/mol. The fourth-order valence-electron chi connectivity index (χ4n) is 2.00. The van der Waals surface area contributed by atoms with Crippen molar-refractivity contribution in [3.05, 3.63) is 55.9 Å².